The van der Waals surface area contributed by atoms with E-state index in [4.69, 9.17) is 0 Å². The number of phenolic OH excluding ortho intramolecular Hbond substituents is 1. The van der Waals surface area contributed by atoms with Crippen molar-refractivity contribution in [2.24, 2.45) is 0 Å². The maximum Gasteiger partial charge on any atom is 0.262 e. The number of rotatable bonds is 3. The van der Waals surface area contributed by atoms with Crippen molar-refractivity contribution in [1.82, 2.24) is 0 Å². The van der Waals surface area contributed by atoms with Crippen LogP contribution in [0.2, 0.25) is 0 Å². The van der Waals surface area contributed by atoms with Gasteiger partial charge in [-0.1, -0.05) is 6.07 Å². The Morgan fingerprint density at radius 3 is 2.10 bits per heavy atom. The first-order chi connectivity index (χ1) is 9.70. The Kier molecular flexibility index (Phi) is 3.91. The lowest BCUT2D eigenvalue weighted by Gasteiger charge is -2.13. The number of hydrogen-bond acceptors (Lipinski definition) is 3. The maximum absolute atomic E-state index is 13.3. The van der Waals surface area contributed by atoms with Crippen LogP contribution in [0.1, 0.15) is 16.7 Å². The van der Waals surface area contributed by atoms with Crippen molar-refractivity contribution in [3.05, 3.63) is 52.8 Å². The third-order valence-electron chi connectivity index (χ3n) is 3.16. The normalized spacial score (nSPS) is 11.4. The van der Waals surface area contributed by atoms with Gasteiger partial charge in [0, 0.05) is 6.07 Å². The molecule has 0 bridgehead atoms. The predicted octanol–water partition coefficient (Wildman–Crippen LogP) is 3.26. The highest BCUT2D eigenvalue weighted by atomic mass is 32.2. The Labute approximate surface area is 123 Å². The van der Waals surface area contributed by atoms with Crippen LogP contribution in [0.15, 0.2) is 35.2 Å². The van der Waals surface area contributed by atoms with Gasteiger partial charge in [-0.3, -0.25) is 4.72 Å². The largest absolute Gasteiger partial charge is 0.508 e. The van der Waals surface area contributed by atoms with Crippen molar-refractivity contribution < 1.29 is 17.9 Å². The molecule has 0 aliphatic rings. The summed E-state index contributed by atoms with van der Waals surface area (Å²) in [5.74, 6) is -0.473. The SMILES string of the molecule is Cc1ccc(NS(=O)(=O)c2c(C)cc(F)cc2C)cc1O. The second-order valence-corrected chi connectivity index (χ2v) is 6.59. The highest BCUT2D eigenvalue weighted by molar-refractivity contribution is 7.92. The van der Waals surface area contributed by atoms with Crippen molar-refractivity contribution >= 4 is 15.7 Å². The smallest absolute Gasteiger partial charge is 0.262 e. The molecule has 0 aliphatic carbocycles. The summed E-state index contributed by atoms with van der Waals surface area (Å²) in [7, 11) is -3.85. The van der Waals surface area contributed by atoms with E-state index in [0.29, 0.717) is 16.7 Å². The van der Waals surface area contributed by atoms with Crippen LogP contribution in [-0.2, 0) is 10.0 Å². The summed E-state index contributed by atoms with van der Waals surface area (Å²) >= 11 is 0. The van der Waals surface area contributed by atoms with Crippen LogP contribution < -0.4 is 4.72 Å². The molecule has 0 spiro atoms. The number of benzene rings is 2. The van der Waals surface area contributed by atoms with Gasteiger partial charge in [0.2, 0.25) is 0 Å². The first kappa shape index (κ1) is 15.3. The molecule has 0 fully saturated rings. The average Bonchev–Trinajstić information content (AvgIpc) is 2.31. The zero-order chi connectivity index (χ0) is 15.8. The van der Waals surface area contributed by atoms with Gasteiger partial charge in [0.25, 0.3) is 10.0 Å². The number of sulfonamides is 1. The number of phenols is 1. The Bertz CT molecular complexity index is 778. The fourth-order valence-corrected chi connectivity index (χ4v) is 3.71. The van der Waals surface area contributed by atoms with Gasteiger partial charge in [-0.2, -0.15) is 0 Å². The molecule has 112 valence electrons. The third kappa shape index (κ3) is 3.16. The van der Waals surface area contributed by atoms with E-state index in [-0.39, 0.29) is 16.3 Å². The van der Waals surface area contributed by atoms with Crippen molar-refractivity contribution in [3.63, 3.8) is 0 Å². The molecule has 2 aromatic rings. The number of nitrogens with one attached hydrogen (secondary N) is 1. The molecule has 21 heavy (non-hydrogen) atoms. The Morgan fingerprint density at radius 2 is 1.57 bits per heavy atom. The second kappa shape index (κ2) is 5.37. The number of halogens is 1. The molecule has 6 heteroatoms. The number of hydrogen-bond donors (Lipinski definition) is 2. The highest BCUT2D eigenvalue weighted by Crippen LogP contribution is 2.26. The summed E-state index contributed by atoms with van der Waals surface area (Å²) in [4.78, 5) is 0.0453. The van der Waals surface area contributed by atoms with Crippen LogP contribution in [0.5, 0.6) is 5.75 Å². The highest BCUT2D eigenvalue weighted by Gasteiger charge is 2.20. The number of aryl methyl sites for hydroxylation is 3. The minimum Gasteiger partial charge on any atom is -0.508 e. The summed E-state index contributed by atoms with van der Waals surface area (Å²) in [5, 5.41) is 9.63. The second-order valence-electron chi connectivity index (χ2n) is 4.98. The van der Waals surface area contributed by atoms with Gasteiger partial charge in [0.05, 0.1) is 10.6 Å². The van der Waals surface area contributed by atoms with Crippen LogP contribution in [0, 0.1) is 26.6 Å². The number of anilines is 1. The summed E-state index contributed by atoms with van der Waals surface area (Å²) in [6, 6.07) is 6.85. The predicted molar refractivity (Wildman–Crippen MR) is 79.5 cm³/mol. The van der Waals surface area contributed by atoms with Crippen LogP contribution in [-0.4, -0.2) is 13.5 Å². The van der Waals surface area contributed by atoms with E-state index in [2.05, 4.69) is 4.72 Å². The van der Waals surface area contributed by atoms with Gasteiger partial charge in [-0.05, 0) is 55.7 Å². The molecule has 0 amide bonds. The lowest BCUT2D eigenvalue weighted by Crippen LogP contribution is -2.16. The van der Waals surface area contributed by atoms with Crippen molar-refractivity contribution in [2.45, 2.75) is 25.7 Å². The van der Waals surface area contributed by atoms with E-state index in [1.807, 2.05) is 0 Å². The van der Waals surface area contributed by atoms with E-state index in [1.165, 1.54) is 32.0 Å². The average molecular weight is 309 g/mol. The fraction of sp³-hybridized carbons (Fsp3) is 0.200. The van der Waals surface area contributed by atoms with Crippen molar-refractivity contribution in [3.8, 4) is 5.75 Å². The fourth-order valence-electron chi connectivity index (χ4n) is 2.20. The van der Waals surface area contributed by atoms with Crippen molar-refractivity contribution in [2.75, 3.05) is 4.72 Å². The minimum atomic E-state index is -3.85. The molecule has 2 rings (SSSR count). The summed E-state index contributed by atoms with van der Waals surface area (Å²) in [6.07, 6.45) is 0. The molecule has 0 heterocycles. The zero-order valence-electron chi connectivity index (χ0n) is 11.9. The minimum absolute atomic E-state index is 0.00255. The first-order valence-corrected chi connectivity index (χ1v) is 7.78. The van der Waals surface area contributed by atoms with Gasteiger partial charge in [-0.25, -0.2) is 12.8 Å². The quantitative estimate of drug-likeness (QED) is 0.914. The van der Waals surface area contributed by atoms with Crippen LogP contribution in [0.3, 0.4) is 0 Å². The lowest BCUT2D eigenvalue weighted by atomic mass is 10.1. The molecular formula is C15H16FNO3S. The van der Waals surface area contributed by atoms with E-state index >= 15 is 0 Å². The van der Waals surface area contributed by atoms with E-state index in [1.54, 1.807) is 19.1 Å². The van der Waals surface area contributed by atoms with Crippen LogP contribution >= 0.6 is 0 Å². The Hall–Kier alpha value is -2.08. The van der Waals surface area contributed by atoms with Gasteiger partial charge in [0.15, 0.2) is 0 Å². The maximum atomic E-state index is 13.3. The molecule has 0 aliphatic heterocycles. The van der Waals surface area contributed by atoms with E-state index < -0.39 is 15.8 Å². The molecule has 2 N–H and O–H groups in total. The first-order valence-electron chi connectivity index (χ1n) is 6.30. The third-order valence-corrected chi connectivity index (χ3v) is 4.84. The standard InChI is InChI=1S/C15H16FNO3S/c1-9-4-5-13(8-14(9)18)17-21(19,20)15-10(2)6-12(16)7-11(15)3/h4-8,17-18H,1-3H3. The lowest BCUT2D eigenvalue weighted by molar-refractivity contribution is 0.471. The van der Waals surface area contributed by atoms with E-state index in [0.717, 1.165) is 0 Å². The summed E-state index contributed by atoms with van der Waals surface area (Å²) < 4.78 is 40.5. The number of aromatic hydroxyl groups is 1. The summed E-state index contributed by atoms with van der Waals surface area (Å²) in [5.41, 5.74) is 1.56. The zero-order valence-corrected chi connectivity index (χ0v) is 12.8. The van der Waals surface area contributed by atoms with Gasteiger partial charge in [0.1, 0.15) is 11.6 Å². The Morgan fingerprint density at radius 1 is 1.00 bits per heavy atom. The molecule has 4 nitrogen and oxygen atoms in total. The summed E-state index contributed by atoms with van der Waals surface area (Å²) in [6.45, 7) is 4.79. The molecule has 0 unspecified atom stereocenters. The van der Waals surface area contributed by atoms with E-state index in [9.17, 15) is 17.9 Å². The van der Waals surface area contributed by atoms with Crippen molar-refractivity contribution in [1.29, 1.82) is 0 Å². The Balaban J connectivity index is 2.46. The van der Waals surface area contributed by atoms with Gasteiger partial charge >= 0.3 is 0 Å². The molecular weight excluding hydrogens is 293 g/mol. The molecule has 0 aromatic heterocycles. The molecule has 0 atom stereocenters. The molecule has 0 saturated carbocycles. The van der Waals surface area contributed by atoms with Crippen LogP contribution in [0.4, 0.5) is 10.1 Å². The molecule has 0 saturated heterocycles. The van der Waals surface area contributed by atoms with Gasteiger partial charge in [-0.15, -0.1) is 0 Å². The molecule has 2 aromatic carbocycles. The molecule has 0 radical (unpaired) electrons. The van der Waals surface area contributed by atoms with Crippen LogP contribution in [0.25, 0.3) is 0 Å². The topological polar surface area (TPSA) is 66.4 Å². The monoisotopic (exact) mass is 309 g/mol. The van der Waals surface area contributed by atoms with Gasteiger partial charge < -0.3 is 5.11 Å².